The highest BCUT2D eigenvalue weighted by Gasteiger charge is 2.30. The zero-order valence-electron chi connectivity index (χ0n) is 9.90. The maximum absolute atomic E-state index is 11.6. The maximum Gasteiger partial charge on any atom is 0.330 e. The summed E-state index contributed by atoms with van der Waals surface area (Å²) in [5, 5.41) is 19.0. The first-order chi connectivity index (χ1) is 8.79. The molecule has 0 radical (unpaired) electrons. The van der Waals surface area contributed by atoms with Crippen LogP contribution in [0, 0.1) is 0 Å². The van der Waals surface area contributed by atoms with Crippen LogP contribution in [0.15, 0.2) is 30.3 Å². The second-order valence-corrected chi connectivity index (χ2v) is 6.94. The molecule has 7 nitrogen and oxygen atoms in total. The average Bonchev–Trinajstić information content (AvgIpc) is 2.51. The minimum absolute atomic E-state index is 0.00202. The van der Waals surface area contributed by atoms with Gasteiger partial charge in [0.25, 0.3) is 0 Å². The number of hydrogen-bond acceptors (Lipinski definition) is 5. The summed E-state index contributed by atoms with van der Waals surface area (Å²) >= 11 is 0. The third-order valence-corrected chi connectivity index (χ3v) is 4.41. The Kier molecular flexibility index (Phi) is 3.42. The van der Waals surface area contributed by atoms with E-state index in [0.29, 0.717) is 5.56 Å². The fourth-order valence-corrected chi connectivity index (χ4v) is 3.38. The summed E-state index contributed by atoms with van der Waals surface area (Å²) in [5.41, 5.74) is 0.627. The van der Waals surface area contributed by atoms with Crippen molar-refractivity contribution in [3.05, 3.63) is 35.8 Å². The van der Waals surface area contributed by atoms with E-state index in [2.05, 4.69) is 0 Å². The summed E-state index contributed by atoms with van der Waals surface area (Å²) in [6.07, 6.45) is 2.47. The van der Waals surface area contributed by atoms with Crippen LogP contribution in [-0.4, -0.2) is 29.1 Å². The molecule has 0 amide bonds. The van der Waals surface area contributed by atoms with Gasteiger partial charge in [0.2, 0.25) is 5.88 Å². The second-order valence-electron chi connectivity index (χ2n) is 3.96. The standard InChI is InChI=1S/C10H12N2O5S2/c1-18(15)6-7-2-3-8(9(13)4-7)12-5-10(14)11-19(12,16)17/h2-5,11,13-14H,6H2,1H3. The fourth-order valence-electron chi connectivity index (χ4n) is 1.67. The molecule has 1 heterocycles. The summed E-state index contributed by atoms with van der Waals surface area (Å²) in [6, 6.07) is 4.29. The predicted molar refractivity (Wildman–Crippen MR) is 71.1 cm³/mol. The van der Waals surface area contributed by atoms with Gasteiger partial charge in [-0.25, -0.2) is 9.03 Å². The first kappa shape index (κ1) is 13.7. The quantitative estimate of drug-likeness (QED) is 0.743. The molecular weight excluding hydrogens is 292 g/mol. The Labute approximate surface area is 112 Å². The van der Waals surface area contributed by atoms with Crippen LogP contribution in [0.1, 0.15) is 5.56 Å². The maximum atomic E-state index is 11.6. The molecule has 0 fully saturated rings. The number of phenolic OH excluding ortho intramolecular Hbond substituents is 1. The van der Waals surface area contributed by atoms with Crippen LogP contribution >= 0.6 is 0 Å². The Hall–Kier alpha value is -1.74. The monoisotopic (exact) mass is 304 g/mol. The molecule has 1 unspecified atom stereocenters. The van der Waals surface area contributed by atoms with Crippen molar-refractivity contribution in [2.24, 2.45) is 0 Å². The van der Waals surface area contributed by atoms with E-state index >= 15 is 0 Å². The van der Waals surface area contributed by atoms with Crippen LogP contribution in [0.4, 0.5) is 5.69 Å². The molecule has 0 saturated carbocycles. The molecule has 19 heavy (non-hydrogen) atoms. The number of nitrogens with zero attached hydrogens (tertiary/aromatic N) is 1. The summed E-state index contributed by atoms with van der Waals surface area (Å²) in [7, 11) is -4.99. The molecule has 2 rings (SSSR count). The number of aromatic hydroxyl groups is 1. The van der Waals surface area contributed by atoms with Gasteiger partial charge in [0.1, 0.15) is 11.4 Å². The molecule has 0 saturated heterocycles. The number of rotatable bonds is 3. The SMILES string of the molecule is CS(=O)Cc1ccc(N2C=C(O)NS2(=O)=O)c(O)c1. The molecule has 1 aromatic carbocycles. The molecule has 1 aliphatic heterocycles. The van der Waals surface area contributed by atoms with Crippen molar-refractivity contribution < 1.29 is 22.8 Å². The van der Waals surface area contributed by atoms with Crippen LogP contribution in [-0.2, 0) is 26.8 Å². The zero-order chi connectivity index (χ0) is 14.2. The third kappa shape index (κ3) is 2.82. The van der Waals surface area contributed by atoms with Gasteiger partial charge in [-0.05, 0) is 17.7 Å². The molecule has 0 spiro atoms. The highest BCUT2D eigenvalue weighted by molar-refractivity contribution is 7.91. The van der Waals surface area contributed by atoms with Gasteiger partial charge in [-0.15, -0.1) is 0 Å². The number of benzene rings is 1. The highest BCUT2D eigenvalue weighted by atomic mass is 32.2. The highest BCUT2D eigenvalue weighted by Crippen LogP contribution is 2.32. The van der Waals surface area contributed by atoms with E-state index in [1.165, 1.54) is 18.4 Å². The van der Waals surface area contributed by atoms with Gasteiger partial charge in [0, 0.05) is 22.8 Å². The molecule has 3 N–H and O–H groups in total. The van der Waals surface area contributed by atoms with Crippen molar-refractivity contribution in [3.8, 4) is 5.75 Å². The lowest BCUT2D eigenvalue weighted by Crippen LogP contribution is -2.29. The lowest BCUT2D eigenvalue weighted by molar-refractivity contribution is 0.392. The van der Waals surface area contributed by atoms with Crippen LogP contribution in [0.2, 0.25) is 0 Å². The third-order valence-electron chi connectivity index (χ3n) is 2.38. The van der Waals surface area contributed by atoms with E-state index in [1.54, 1.807) is 6.07 Å². The second kappa shape index (κ2) is 4.74. The Morgan fingerprint density at radius 2 is 2.05 bits per heavy atom. The van der Waals surface area contributed by atoms with Gasteiger partial charge in [-0.3, -0.25) is 4.21 Å². The molecule has 0 aliphatic carbocycles. The van der Waals surface area contributed by atoms with E-state index in [-0.39, 0.29) is 17.2 Å². The van der Waals surface area contributed by atoms with Crippen molar-refractivity contribution in [1.29, 1.82) is 0 Å². The molecular formula is C10H12N2O5S2. The van der Waals surface area contributed by atoms with Crippen molar-refractivity contribution in [2.45, 2.75) is 5.75 Å². The molecule has 9 heteroatoms. The number of aliphatic hydroxyl groups excluding tert-OH is 1. The minimum atomic E-state index is -3.93. The van der Waals surface area contributed by atoms with Crippen molar-refractivity contribution >= 4 is 26.7 Å². The molecule has 1 atom stereocenters. The normalized spacial score (nSPS) is 18.8. The van der Waals surface area contributed by atoms with Crippen molar-refractivity contribution in [3.63, 3.8) is 0 Å². The number of anilines is 1. The Balaban J connectivity index is 2.39. The van der Waals surface area contributed by atoms with E-state index < -0.39 is 26.9 Å². The van der Waals surface area contributed by atoms with Crippen molar-refractivity contribution in [2.75, 3.05) is 10.6 Å². The summed E-state index contributed by atoms with van der Waals surface area (Å²) in [4.78, 5) is 0. The first-order valence-corrected chi connectivity index (χ1v) is 8.31. The minimum Gasteiger partial charge on any atom is -0.506 e. The smallest absolute Gasteiger partial charge is 0.330 e. The number of phenols is 1. The van der Waals surface area contributed by atoms with Crippen molar-refractivity contribution in [1.82, 2.24) is 4.72 Å². The Morgan fingerprint density at radius 3 is 2.53 bits per heavy atom. The average molecular weight is 304 g/mol. The van der Waals surface area contributed by atoms with Gasteiger partial charge in [-0.2, -0.15) is 8.42 Å². The molecule has 1 aromatic rings. The summed E-state index contributed by atoms with van der Waals surface area (Å²) < 4.78 is 36.9. The van der Waals surface area contributed by atoms with E-state index in [0.717, 1.165) is 10.5 Å². The van der Waals surface area contributed by atoms with Gasteiger partial charge in [0.15, 0.2) is 0 Å². The van der Waals surface area contributed by atoms with E-state index in [9.17, 15) is 17.7 Å². The molecule has 1 aliphatic rings. The summed E-state index contributed by atoms with van der Waals surface area (Å²) in [6.45, 7) is 0. The molecule has 104 valence electrons. The van der Waals surface area contributed by atoms with Crippen LogP contribution in [0.5, 0.6) is 5.75 Å². The number of hydrogen-bond donors (Lipinski definition) is 3. The summed E-state index contributed by atoms with van der Waals surface area (Å²) in [5.74, 6) is -0.544. The fraction of sp³-hybridized carbons (Fsp3) is 0.200. The predicted octanol–water partition coefficient (Wildman–Crippen LogP) is 0.282. The van der Waals surface area contributed by atoms with Crippen LogP contribution < -0.4 is 9.03 Å². The number of aliphatic hydroxyl groups is 1. The van der Waals surface area contributed by atoms with Crippen LogP contribution in [0.3, 0.4) is 0 Å². The van der Waals surface area contributed by atoms with Gasteiger partial charge < -0.3 is 10.2 Å². The lowest BCUT2D eigenvalue weighted by atomic mass is 10.2. The zero-order valence-corrected chi connectivity index (χ0v) is 11.5. The molecule has 0 aromatic heterocycles. The van der Waals surface area contributed by atoms with Gasteiger partial charge in [-0.1, -0.05) is 6.07 Å². The Morgan fingerprint density at radius 1 is 1.37 bits per heavy atom. The van der Waals surface area contributed by atoms with Crippen LogP contribution in [0.25, 0.3) is 0 Å². The van der Waals surface area contributed by atoms with E-state index in [1.807, 2.05) is 4.72 Å². The Bertz CT molecular complexity index is 668. The first-order valence-electron chi connectivity index (χ1n) is 5.14. The van der Waals surface area contributed by atoms with Gasteiger partial charge in [0.05, 0.1) is 6.20 Å². The topological polar surface area (TPSA) is 107 Å². The lowest BCUT2D eigenvalue weighted by Gasteiger charge is -2.15. The van der Waals surface area contributed by atoms with E-state index in [4.69, 9.17) is 5.11 Å². The van der Waals surface area contributed by atoms with Gasteiger partial charge >= 0.3 is 10.2 Å². The molecule has 0 bridgehead atoms. The largest absolute Gasteiger partial charge is 0.506 e. The number of nitrogens with one attached hydrogen (secondary N) is 1.